The second kappa shape index (κ2) is 10.8. The minimum absolute atomic E-state index is 0.0899. The Kier molecular flexibility index (Phi) is 7.63. The SMILES string of the molecule is CC[NH+]1CC[NH+](CCCNC(=O)c2ccc3c(c2)NC(=O)C(=Cc2ccccc2)S3)CC1. The molecular weight excluding hydrogens is 420 g/mol. The number of quaternary nitrogens is 2. The first-order valence-electron chi connectivity index (χ1n) is 11.5. The summed E-state index contributed by atoms with van der Waals surface area (Å²) in [5, 5.41) is 5.96. The summed E-state index contributed by atoms with van der Waals surface area (Å²) in [6.45, 7) is 10.2. The largest absolute Gasteiger partial charge is 0.352 e. The van der Waals surface area contributed by atoms with Gasteiger partial charge in [0.05, 0.1) is 23.7 Å². The van der Waals surface area contributed by atoms with Crippen LogP contribution in [0, 0.1) is 0 Å². The highest BCUT2D eigenvalue weighted by Gasteiger charge is 2.23. The molecule has 2 aliphatic rings. The minimum Gasteiger partial charge on any atom is -0.352 e. The summed E-state index contributed by atoms with van der Waals surface area (Å²) >= 11 is 1.43. The number of amides is 2. The summed E-state index contributed by atoms with van der Waals surface area (Å²) < 4.78 is 0. The van der Waals surface area contributed by atoms with Gasteiger partial charge in [0.1, 0.15) is 26.2 Å². The molecule has 2 aromatic carbocycles. The fraction of sp³-hybridized carbons (Fsp3) is 0.360. The predicted octanol–water partition coefficient (Wildman–Crippen LogP) is 0.695. The lowest BCUT2D eigenvalue weighted by atomic mass is 10.1. The molecular formula is C25H32N4O2S+2. The van der Waals surface area contributed by atoms with Gasteiger partial charge in [-0.1, -0.05) is 42.1 Å². The van der Waals surface area contributed by atoms with Crippen molar-refractivity contribution < 1.29 is 19.4 Å². The summed E-state index contributed by atoms with van der Waals surface area (Å²) in [6, 6.07) is 15.3. The van der Waals surface area contributed by atoms with Gasteiger partial charge in [0, 0.05) is 23.4 Å². The smallest absolute Gasteiger partial charge is 0.262 e. The molecule has 1 fully saturated rings. The molecule has 0 radical (unpaired) electrons. The first-order chi connectivity index (χ1) is 15.6. The second-order valence-electron chi connectivity index (χ2n) is 8.40. The van der Waals surface area contributed by atoms with Crippen LogP contribution in [0.5, 0.6) is 0 Å². The highest BCUT2D eigenvalue weighted by Crippen LogP contribution is 2.39. The lowest BCUT2D eigenvalue weighted by Crippen LogP contribution is -3.28. The van der Waals surface area contributed by atoms with Gasteiger partial charge < -0.3 is 20.4 Å². The minimum atomic E-state index is -0.142. The zero-order valence-electron chi connectivity index (χ0n) is 18.6. The average Bonchev–Trinajstić information content (AvgIpc) is 2.83. The third kappa shape index (κ3) is 5.79. The zero-order chi connectivity index (χ0) is 22.3. The molecule has 2 heterocycles. The third-order valence-corrected chi connectivity index (χ3v) is 7.29. The van der Waals surface area contributed by atoms with Gasteiger partial charge in [0.15, 0.2) is 0 Å². The molecule has 32 heavy (non-hydrogen) atoms. The number of carbonyl (C=O) groups excluding carboxylic acids is 2. The van der Waals surface area contributed by atoms with Crippen molar-refractivity contribution in [2.45, 2.75) is 18.2 Å². The Bertz CT molecular complexity index is 985. The summed E-state index contributed by atoms with van der Waals surface area (Å²) in [6.07, 6.45) is 2.86. The zero-order valence-corrected chi connectivity index (χ0v) is 19.4. The maximum Gasteiger partial charge on any atom is 0.262 e. The standard InChI is InChI=1S/C25H30N4O2S/c1-2-28-13-15-29(16-14-28)12-6-11-26-24(30)20-9-10-22-21(18-20)27-25(31)23(32-22)17-19-7-4-3-5-8-19/h3-5,7-10,17-18H,2,6,11-16H2,1H3,(H,26,30)(H,27,31)/p+2. The van der Waals surface area contributed by atoms with E-state index in [9.17, 15) is 9.59 Å². The number of likely N-dealkylation sites (N-methyl/N-ethyl adjacent to an activating group) is 1. The number of thioether (sulfide) groups is 1. The Morgan fingerprint density at radius 1 is 1.09 bits per heavy atom. The summed E-state index contributed by atoms with van der Waals surface area (Å²) in [5.41, 5.74) is 2.26. The van der Waals surface area contributed by atoms with Gasteiger partial charge >= 0.3 is 0 Å². The molecule has 4 N–H and O–H groups in total. The van der Waals surface area contributed by atoms with Gasteiger partial charge in [-0.2, -0.15) is 0 Å². The quantitative estimate of drug-likeness (QED) is 0.369. The Morgan fingerprint density at radius 2 is 1.84 bits per heavy atom. The molecule has 0 atom stereocenters. The number of anilines is 1. The molecule has 168 valence electrons. The summed E-state index contributed by atoms with van der Waals surface area (Å²) in [5.74, 6) is -0.232. The van der Waals surface area contributed by atoms with Crippen LogP contribution in [0.3, 0.4) is 0 Å². The number of hydrogen-bond acceptors (Lipinski definition) is 3. The van der Waals surface area contributed by atoms with Crippen molar-refractivity contribution in [3.8, 4) is 0 Å². The molecule has 0 saturated carbocycles. The van der Waals surface area contributed by atoms with Gasteiger partial charge in [0.2, 0.25) is 0 Å². The number of hydrogen-bond donors (Lipinski definition) is 4. The molecule has 0 aromatic heterocycles. The van der Waals surface area contributed by atoms with E-state index < -0.39 is 0 Å². The predicted molar refractivity (Wildman–Crippen MR) is 129 cm³/mol. The summed E-state index contributed by atoms with van der Waals surface area (Å²) in [7, 11) is 0. The second-order valence-corrected chi connectivity index (χ2v) is 9.48. The Labute approximate surface area is 194 Å². The first kappa shape index (κ1) is 22.6. The molecule has 0 spiro atoms. The maximum absolute atomic E-state index is 12.6. The van der Waals surface area contributed by atoms with Crippen LogP contribution in [0.15, 0.2) is 58.3 Å². The van der Waals surface area contributed by atoms with E-state index in [4.69, 9.17) is 0 Å². The third-order valence-electron chi connectivity index (χ3n) is 6.19. The van der Waals surface area contributed by atoms with Crippen molar-refractivity contribution in [1.82, 2.24) is 5.32 Å². The fourth-order valence-electron chi connectivity index (χ4n) is 4.21. The molecule has 0 bridgehead atoms. The van der Waals surface area contributed by atoms with Crippen LogP contribution >= 0.6 is 11.8 Å². The van der Waals surface area contributed by atoms with Gasteiger partial charge in [-0.15, -0.1) is 0 Å². The van der Waals surface area contributed by atoms with Crippen LogP contribution in [0.1, 0.15) is 29.3 Å². The number of rotatable bonds is 7. The highest BCUT2D eigenvalue weighted by atomic mass is 32.2. The summed E-state index contributed by atoms with van der Waals surface area (Å²) in [4.78, 5) is 30.1. The Hall–Kier alpha value is -2.61. The maximum atomic E-state index is 12.6. The van der Waals surface area contributed by atoms with Crippen LogP contribution < -0.4 is 20.4 Å². The van der Waals surface area contributed by atoms with Crippen molar-refractivity contribution in [2.75, 3.05) is 51.1 Å². The molecule has 1 saturated heterocycles. The number of carbonyl (C=O) groups is 2. The van der Waals surface area contributed by atoms with Crippen LogP contribution in [0.2, 0.25) is 0 Å². The highest BCUT2D eigenvalue weighted by molar-refractivity contribution is 8.04. The van der Waals surface area contributed by atoms with E-state index in [1.807, 2.05) is 48.5 Å². The number of fused-ring (bicyclic) bond motifs is 1. The fourth-order valence-corrected chi connectivity index (χ4v) is 5.14. The molecule has 2 aliphatic heterocycles. The van der Waals surface area contributed by atoms with E-state index in [0.29, 0.717) is 22.7 Å². The molecule has 6 nitrogen and oxygen atoms in total. The Balaban J connectivity index is 1.29. The van der Waals surface area contributed by atoms with E-state index in [0.717, 1.165) is 23.4 Å². The number of nitrogens with one attached hydrogen (secondary N) is 4. The van der Waals surface area contributed by atoms with Crippen LogP contribution in [0.4, 0.5) is 5.69 Å². The lowest BCUT2D eigenvalue weighted by molar-refractivity contribution is -1.01. The van der Waals surface area contributed by atoms with Crippen molar-refractivity contribution >= 4 is 35.3 Å². The van der Waals surface area contributed by atoms with Crippen LogP contribution in [-0.2, 0) is 4.79 Å². The molecule has 4 rings (SSSR count). The van der Waals surface area contributed by atoms with E-state index in [1.165, 1.54) is 44.5 Å². The topological polar surface area (TPSA) is 67.1 Å². The van der Waals surface area contributed by atoms with E-state index >= 15 is 0 Å². The molecule has 0 aliphatic carbocycles. The van der Waals surface area contributed by atoms with E-state index in [1.54, 1.807) is 15.9 Å². The van der Waals surface area contributed by atoms with Crippen LogP contribution in [-0.4, -0.2) is 57.6 Å². The lowest BCUT2D eigenvalue weighted by Gasteiger charge is -2.28. The number of benzene rings is 2. The van der Waals surface area contributed by atoms with Gasteiger partial charge in [-0.25, -0.2) is 0 Å². The Morgan fingerprint density at radius 3 is 2.59 bits per heavy atom. The van der Waals surface area contributed by atoms with Gasteiger partial charge in [0.25, 0.3) is 11.8 Å². The van der Waals surface area contributed by atoms with Crippen molar-refractivity contribution in [2.24, 2.45) is 0 Å². The van der Waals surface area contributed by atoms with E-state index in [-0.39, 0.29) is 11.8 Å². The van der Waals surface area contributed by atoms with E-state index in [2.05, 4.69) is 17.6 Å². The monoisotopic (exact) mass is 452 g/mol. The van der Waals surface area contributed by atoms with Crippen molar-refractivity contribution in [3.05, 3.63) is 64.6 Å². The average molecular weight is 453 g/mol. The molecule has 2 aromatic rings. The molecule has 7 heteroatoms. The van der Waals surface area contributed by atoms with Gasteiger partial charge in [-0.05, 0) is 36.8 Å². The molecule has 2 amide bonds. The van der Waals surface area contributed by atoms with Gasteiger partial charge in [-0.3, -0.25) is 9.59 Å². The van der Waals surface area contributed by atoms with Crippen molar-refractivity contribution in [1.29, 1.82) is 0 Å². The van der Waals surface area contributed by atoms with Crippen molar-refractivity contribution in [3.63, 3.8) is 0 Å². The normalized spacial score (nSPS) is 21.7. The number of piperazine rings is 1. The van der Waals surface area contributed by atoms with Crippen LogP contribution in [0.25, 0.3) is 6.08 Å². The molecule has 0 unspecified atom stereocenters. The first-order valence-corrected chi connectivity index (χ1v) is 12.3.